The standard InChI is InChI=1S/C50H108N14/c1-4-52-28-39-64(50-19-12-20-50)40-29-55-27-36-62(42-41-59(3)35-26-54-23-22-53-24-25-56-47-13-9-14-47)33-8-6-7-32-61(34-21-51)45-46-63(38-31-58-49-17-11-18-49)44-43-60(5-2)37-30-57-48-15-10-16-48/h47-50,52-58H,4-46,51H2,1-3H3. The highest BCUT2D eigenvalue weighted by Gasteiger charge is 2.24. The monoisotopic (exact) mass is 905 g/mol. The first-order chi connectivity index (χ1) is 31.6. The Morgan fingerprint density at radius 1 is 0.391 bits per heavy atom. The Morgan fingerprint density at radius 2 is 0.828 bits per heavy atom. The van der Waals surface area contributed by atoms with Crippen LogP contribution in [0.3, 0.4) is 0 Å². The second-order valence-corrected chi connectivity index (χ2v) is 20.1. The van der Waals surface area contributed by atoms with Crippen LogP contribution in [0.2, 0.25) is 0 Å². The number of unbranched alkanes of at least 4 members (excludes halogenated alkanes) is 2. The Balaban J connectivity index is 1.14. The molecule has 0 amide bonds. The van der Waals surface area contributed by atoms with Crippen LogP contribution in [0.1, 0.15) is 110 Å². The van der Waals surface area contributed by atoms with Crippen LogP contribution in [0.4, 0.5) is 0 Å². The highest BCUT2D eigenvalue weighted by Crippen LogP contribution is 2.24. The van der Waals surface area contributed by atoms with Crippen LogP contribution in [0.25, 0.3) is 0 Å². The predicted molar refractivity (Wildman–Crippen MR) is 275 cm³/mol. The van der Waals surface area contributed by atoms with Crippen molar-refractivity contribution in [1.82, 2.24) is 66.6 Å². The first-order valence-corrected chi connectivity index (χ1v) is 27.6. The summed E-state index contributed by atoms with van der Waals surface area (Å²) < 4.78 is 0. The topological polar surface area (TPSA) is 130 Å². The molecule has 4 saturated carbocycles. The van der Waals surface area contributed by atoms with Gasteiger partial charge in [0.15, 0.2) is 0 Å². The molecule has 0 aromatic rings. The van der Waals surface area contributed by atoms with Gasteiger partial charge in [0, 0.05) is 181 Å². The molecule has 64 heavy (non-hydrogen) atoms. The summed E-state index contributed by atoms with van der Waals surface area (Å²) in [5.74, 6) is 0. The quantitative estimate of drug-likeness (QED) is 0.0424. The second kappa shape index (κ2) is 37.3. The van der Waals surface area contributed by atoms with Crippen LogP contribution in [0.5, 0.6) is 0 Å². The van der Waals surface area contributed by atoms with Crippen LogP contribution >= 0.6 is 0 Å². The van der Waals surface area contributed by atoms with E-state index in [0.29, 0.717) is 0 Å². The molecule has 0 aromatic heterocycles. The van der Waals surface area contributed by atoms with Crippen molar-refractivity contribution in [2.24, 2.45) is 5.73 Å². The Morgan fingerprint density at radius 3 is 1.38 bits per heavy atom. The summed E-state index contributed by atoms with van der Waals surface area (Å²) in [5, 5.41) is 25.9. The summed E-state index contributed by atoms with van der Waals surface area (Å²) in [7, 11) is 2.30. The second-order valence-electron chi connectivity index (χ2n) is 20.1. The SMILES string of the molecule is CCNCCN(CCNCCN(CCCCCN(CCN)CCN(CCNC1CCC1)CCN(CC)CCNC1CCC1)CCN(C)CCNCCNCCNC1CCC1)C1CCC1. The van der Waals surface area contributed by atoms with Gasteiger partial charge in [-0.15, -0.1) is 0 Å². The van der Waals surface area contributed by atoms with Crippen molar-refractivity contribution in [3.05, 3.63) is 0 Å². The third-order valence-electron chi connectivity index (χ3n) is 15.1. The zero-order valence-electron chi connectivity index (χ0n) is 42.5. The van der Waals surface area contributed by atoms with E-state index in [-0.39, 0.29) is 0 Å². The van der Waals surface area contributed by atoms with E-state index in [1.54, 1.807) is 0 Å². The molecule has 14 nitrogen and oxygen atoms in total. The molecule has 4 rings (SSSR count). The number of likely N-dealkylation sites (N-methyl/N-ethyl adjacent to an activating group) is 3. The van der Waals surface area contributed by atoms with Gasteiger partial charge in [0.2, 0.25) is 0 Å². The van der Waals surface area contributed by atoms with Gasteiger partial charge in [-0.1, -0.05) is 46.0 Å². The van der Waals surface area contributed by atoms with E-state index < -0.39 is 0 Å². The lowest BCUT2D eigenvalue weighted by atomic mass is 9.91. The summed E-state index contributed by atoms with van der Waals surface area (Å²) in [4.78, 5) is 16.0. The van der Waals surface area contributed by atoms with Crippen molar-refractivity contribution in [2.45, 2.75) is 134 Å². The normalized spacial score (nSPS) is 17.7. The molecule has 0 atom stereocenters. The molecule has 378 valence electrons. The first kappa shape index (κ1) is 56.0. The highest BCUT2D eigenvalue weighted by molar-refractivity contribution is 4.82. The molecule has 0 saturated heterocycles. The maximum Gasteiger partial charge on any atom is 0.0110 e. The molecule has 0 spiro atoms. The molecule has 4 fully saturated rings. The van der Waals surface area contributed by atoms with Gasteiger partial charge in [0.25, 0.3) is 0 Å². The largest absolute Gasteiger partial charge is 0.329 e. The van der Waals surface area contributed by atoms with Gasteiger partial charge >= 0.3 is 0 Å². The number of nitrogens with one attached hydrogen (secondary N) is 7. The molecular formula is C50H108N14. The fraction of sp³-hybridized carbons (Fsp3) is 1.00. The summed E-state index contributed by atoms with van der Waals surface area (Å²) in [6.45, 7) is 35.4. The minimum Gasteiger partial charge on any atom is -0.329 e. The van der Waals surface area contributed by atoms with Crippen LogP contribution in [-0.2, 0) is 0 Å². The van der Waals surface area contributed by atoms with Crippen LogP contribution in [-0.4, -0.2) is 244 Å². The van der Waals surface area contributed by atoms with E-state index in [4.69, 9.17) is 5.73 Å². The van der Waals surface area contributed by atoms with E-state index >= 15 is 0 Å². The van der Waals surface area contributed by atoms with Gasteiger partial charge in [-0.3, -0.25) is 9.80 Å². The van der Waals surface area contributed by atoms with Crippen LogP contribution in [0.15, 0.2) is 0 Å². The molecule has 4 aliphatic carbocycles. The van der Waals surface area contributed by atoms with Gasteiger partial charge in [0.1, 0.15) is 0 Å². The molecule has 0 heterocycles. The van der Waals surface area contributed by atoms with Gasteiger partial charge in [-0.05, 0) is 97.4 Å². The minimum absolute atomic E-state index is 0.744. The fourth-order valence-electron chi connectivity index (χ4n) is 9.42. The Kier molecular flexibility index (Phi) is 32.7. The number of nitrogens with two attached hydrogens (primary N) is 1. The van der Waals surface area contributed by atoms with E-state index in [0.717, 1.165) is 188 Å². The lowest BCUT2D eigenvalue weighted by Crippen LogP contribution is -2.47. The minimum atomic E-state index is 0.744. The maximum absolute atomic E-state index is 6.21. The fourth-order valence-corrected chi connectivity index (χ4v) is 9.42. The molecular weight excluding hydrogens is 797 g/mol. The van der Waals surface area contributed by atoms with Crippen molar-refractivity contribution in [1.29, 1.82) is 0 Å². The molecule has 0 unspecified atom stereocenters. The average Bonchev–Trinajstić information content (AvgIpc) is 3.22. The van der Waals surface area contributed by atoms with Gasteiger partial charge in [-0.2, -0.15) is 0 Å². The lowest BCUT2D eigenvalue weighted by Gasteiger charge is -2.37. The maximum atomic E-state index is 6.21. The third-order valence-corrected chi connectivity index (χ3v) is 15.1. The van der Waals surface area contributed by atoms with Crippen molar-refractivity contribution in [3.63, 3.8) is 0 Å². The zero-order chi connectivity index (χ0) is 45.1. The van der Waals surface area contributed by atoms with Gasteiger partial charge in [0.05, 0.1) is 0 Å². The smallest absolute Gasteiger partial charge is 0.0110 e. The number of rotatable bonds is 47. The zero-order valence-corrected chi connectivity index (χ0v) is 42.5. The number of hydrogen-bond acceptors (Lipinski definition) is 14. The molecule has 0 aromatic carbocycles. The lowest BCUT2D eigenvalue weighted by molar-refractivity contribution is 0.128. The molecule has 9 N–H and O–H groups in total. The van der Waals surface area contributed by atoms with Crippen molar-refractivity contribution < 1.29 is 0 Å². The summed E-state index contributed by atoms with van der Waals surface area (Å²) in [5.41, 5.74) is 6.21. The van der Waals surface area contributed by atoms with E-state index in [2.05, 4.69) is 87.5 Å². The first-order valence-electron chi connectivity index (χ1n) is 27.6. The Bertz CT molecular complexity index is 1040. The molecule has 14 heteroatoms. The van der Waals surface area contributed by atoms with Crippen molar-refractivity contribution >= 4 is 0 Å². The highest BCUT2D eigenvalue weighted by atomic mass is 15.2. The van der Waals surface area contributed by atoms with Crippen LogP contribution < -0.4 is 43.0 Å². The Hall–Kier alpha value is -0.560. The number of nitrogens with zero attached hydrogens (tertiary/aromatic N) is 6. The summed E-state index contributed by atoms with van der Waals surface area (Å²) in [6, 6.07) is 3.13. The van der Waals surface area contributed by atoms with E-state index in [9.17, 15) is 0 Å². The van der Waals surface area contributed by atoms with Gasteiger partial charge < -0.3 is 62.6 Å². The average molecular weight is 906 g/mol. The van der Waals surface area contributed by atoms with Crippen molar-refractivity contribution in [3.8, 4) is 0 Å². The van der Waals surface area contributed by atoms with E-state index in [1.807, 2.05) is 0 Å². The molecule has 0 aliphatic heterocycles. The molecule has 0 bridgehead atoms. The third kappa shape index (κ3) is 26.3. The van der Waals surface area contributed by atoms with Gasteiger partial charge in [-0.25, -0.2) is 0 Å². The van der Waals surface area contributed by atoms with E-state index in [1.165, 1.54) is 116 Å². The molecule has 0 radical (unpaired) electrons. The van der Waals surface area contributed by atoms with Crippen LogP contribution in [0, 0.1) is 0 Å². The van der Waals surface area contributed by atoms with Crippen molar-refractivity contribution in [2.75, 3.05) is 190 Å². The summed E-state index contributed by atoms with van der Waals surface area (Å²) >= 11 is 0. The summed E-state index contributed by atoms with van der Waals surface area (Å²) in [6.07, 6.45) is 20.4. The number of hydrogen-bond donors (Lipinski definition) is 8. The molecule has 4 aliphatic rings. The Labute approximate surface area is 395 Å². The predicted octanol–water partition coefficient (Wildman–Crippen LogP) is 1.93.